The van der Waals surface area contributed by atoms with Crippen molar-refractivity contribution in [2.75, 3.05) is 0 Å². The van der Waals surface area contributed by atoms with E-state index in [0.717, 1.165) is 0 Å². The van der Waals surface area contributed by atoms with Gasteiger partial charge in [0.2, 0.25) is 0 Å². The molecule has 0 aromatic heterocycles. The van der Waals surface area contributed by atoms with E-state index in [9.17, 15) is 0 Å². The van der Waals surface area contributed by atoms with E-state index in [0.29, 0.717) is 30.1 Å². The molecule has 0 fully saturated rings. The van der Waals surface area contributed by atoms with Crippen molar-refractivity contribution in [1.82, 2.24) is 0 Å². The summed E-state index contributed by atoms with van der Waals surface area (Å²) in [4.78, 5) is 0. The summed E-state index contributed by atoms with van der Waals surface area (Å²) in [6, 6.07) is 9.03. The van der Waals surface area contributed by atoms with Crippen molar-refractivity contribution in [3.8, 4) is 0 Å². The first-order valence-corrected chi connectivity index (χ1v) is 7.70. The van der Waals surface area contributed by atoms with Crippen LogP contribution in [0, 0.1) is 10.8 Å². The van der Waals surface area contributed by atoms with Crippen LogP contribution in [0.4, 0.5) is 0 Å². The average molecular weight is 281 g/mol. The Kier molecular flexibility index (Phi) is 2.57. The molecule has 0 unspecified atom stereocenters. The molecule has 88 valence electrons. The fraction of sp³-hybridized carbons (Fsp3) is 0.600. The van der Waals surface area contributed by atoms with Crippen LogP contribution in [0.1, 0.15) is 47.1 Å². The van der Waals surface area contributed by atoms with Gasteiger partial charge in [-0.2, -0.15) is 0 Å². The first-order valence-electron chi connectivity index (χ1n) is 5.99. The molecule has 0 saturated carbocycles. The van der Waals surface area contributed by atoms with Crippen LogP contribution in [-0.2, 0) is 4.31 Å². The molecule has 0 nitrogen and oxygen atoms in total. The monoisotopic (exact) mass is 282 g/mol. The Labute approximate surface area is 106 Å². The summed E-state index contributed by atoms with van der Waals surface area (Å²) in [5.41, 5.74) is 2.30. The Morgan fingerprint density at radius 1 is 0.875 bits per heavy atom. The van der Waals surface area contributed by atoms with Crippen molar-refractivity contribution in [3.63, 3.8) is 0 Å². The zero-order valence-electron chi connectivity index (χ0n) is 11.2. The number of benzene rings is 1. The molecule has 1 heterocycles. The van der Waals surface area contributed by atoms with Crippen LogP contribution in [0.15, 0.2) is 24.3 Å². The van der Waals surface area contributed by atoms with Crippen LogP contribution in [0.25, 0.3) is 0 Å². The molecule has 1 aliphatic rings. The topological polar surface area (TPSA) is 0 Å². The molecular formula is C15H22Se. The Balaban J connectivity index is 2.60. The van der Waals surface area contributed by atoms with Gasteiger partial charge in [-0.3, -0.25) is 0 Å². The fourth-order valence-electron chi connectivity index (χ4n) is 3.26. The third-order valence-electron chi connectivity index (χ3n) is 3.64. The van der Waals surface area contributed by atoms with Crippen LogP contribution in [0.3, 0.4) is 0 Å². The molecule has 2 rings (SSSR count). The minimum atomic E-state index is 0.347. The van der Waals surface area contributed by atoms with E-state index in [2.05, 4.69) is 65.8 Å². The summed E-state index contributed by atoms with van der Waals surface area (Å²) in [7, 11) is 0. The van der Waals surface area contributed by atoms with Gasteiger partial charge in [0, 0.05) is 0 Å². The van der Waals surface area contributed by atoms with E-state index in [-0.39, 0.29) is 0 Å². The maximum absolute atomic E-state index is 2.40. The molecule has 1 aliphatic heterocycles. The van der Waals surface area contributed by atoms with Crippen LogP contribution in [-0.4, -0.2) is 15.0 Å². The molecule has 0 saturated heterocycles. The molecule has 1 heteroatoms. The summed E-state index contributed by atoms with van der Waals surface area (Å²) in [6.45, 7) is 14.4. The minimum absolute atomic E-state index is 0.347. The second-order valence-corrected chi connectivity index (χ2v) is 9.42. The number of hydrogen-bond donors (Lipinski definition) is 0. The van der Waals surface area contributed by atoms with Gasteiger partial charge in [-0.15, -0.1) is 0 Å². The molecule has 0 aliphatic carbocycles. The summed E-state index contributed by atoms with van der Waals surface area (Å²) < 4.78 is 2.00. The normalized spacial score (nSPS) is 18.9. The zero-order chi connectivity index (χ0) is 12.2. The van der Waals surface area contributed by atoms with E-state index in [1.807, 2.05) is 0 Å². The van der Waals surface area contributed by atoms with Crippen LogP contribution < -0.4 is 4.46 Å². The Morgan fingerprint density at radius 3 is 1.81 bits per heavy atom. The second-order valence-electron chi connectivity index (χ2n) is 6.78. The second kappa shape index (κ2) is 3.37. The number of hydrogen-bond acceptors (Lipinski definition) is 0. The fourth-order valence-corrected chi connectivity index (χ4v) is 6.52. The molecule has 0 radical (unpaired) electrons. The Morgan fingerprint density at radius 2 is 1.38 bits per heavy atom. The molecular weight excluding hydrogens is 259 g/mol. The number of rotatable bonds is 0. The first-order chi connectivity index (χ1) is 7.20. The predicted molar refractivity (Wildman–Crippen MR) is 72.4 cm³/mol. The third kappa shape index (κ3) is 1.41. The summed E-state index contributed by atoms with van der Waals surface area (Å²) in [5, 5.41) is 0. The zero-order valence-corrected chi connectivity index (χ0v) is 12.9. The average Bonchev–Trinajstić information content (AvgIpc) is 2.02. The third-order valence-corrected chi connectivity index (χ3v) is 8.52. The molecule has 0 spiro atoms. The van der Waals surface area contributed by atoms with Gasteiger partial charge in [0.25, 0.3) is 0 Å². The molecule has 0 N–H and O–H groups in total. The van der Waals surface area contributed by atoms with Gasteiger partial charge < -0.3 is 0 Å². The van der Waals surface area contributed by atoms with Gasteiger partial charge in [-0.25, -0.2) is 0 Å². The van der Waals surface area contributed by atoms with E-state index >= 15 is 0 Å². The summed E-state index contributed by atoms with van der Waals surface area (Å²) in [6.07, 6.45) is 0. The van der Waals surface area contributed by atoms with E-state index < -0.39 is 0 Å². The van der Waals surface area contributed by atoms with Gasteiger partial charge in [0.15, 0.2) is 0 Å². The van der Waals surface area contributed by atoms with Gasteiger partial charge in [-0.1, -0.05) is 0 Å². The summed E-state index contributed by atoms with van der Waals surface area (Å²) in [5.74, 6) is 0. The van der Waals surface area contributed by atoms with Crippen LogP contribution >= 0.6 is 0 Å². The molecule has 0 amide bonds. The van der Waals surface area contributed by atoms with E-state index in [1.54, 1.807) is 10.0 Å². The first kappa shape index (κ1) is 12.2. The maximum atomic E-state index is 2.40. The van der Waals surface area contributed by atoms with Gasteiger partial charge in [0.1, 0.15) is 0 Å². The van der Waals surface area contributed by atoms with Crippen molar-refractivity contribution >= 4 is 19.4 Å². The van der Waals surface area contributed by atoms with Crippen molar-refractivity contribution in [3.05, 3.63) is 29.8 Å². The predicted octanol–water partition coefficient (Wildman–Crippen LogP) is 3.32. The Bertz CT molecular complexity index is 390. The van der Waals surface area contributed by atoms with Crippen molar-refractivity contribution < 1.29 is 0 Å². The number of fused-ring (bicyclic) bond motifs is 1. The van der Waals surface area contributed by atoms with Crippen LogP contribution in [0.5, 0.6) is 0 Å². The molecule has 16 heavy (non-hydrogen) atoms. The SMILES string of the molecule is CC(C)(C)C1(C(C)(C)C)[Se]c2ccccc21. The summed E-state index contributed by atoms with van der Waals surface area (Å²) >= 11 is 0.611. The van der Waals surface area contributed by atoms with Crippen LogP contribution in [0.2, 0.25) is 0 Å². The molecule has 1 aromatic rings. The van der Waals surface area contributed by atoms with Gasteiger partial charge in [-0.05, 0) is 0 Å². The van der Waals surface area contributed by atoms with Crippen molar-refractivity contribution in [1.29, 1.82) is 0 Å². The van der Waals surface area contributed by atoms with Gasteiger partial charge >= 0.3 is 106 Å². The standard InChI is InChI=1S/C15H22Se/c1-13(2,3)15(14(4,5)6)11-9-7-8-10-12(11)16-15/h7-10H,1-6H3. The molecule has 1 aromatic carbocycles. The molecule has 0 atom stereocenters. The van der Waals surface area contributed by atoms with E-state index in [1.165, 1.54) is 0 Å². The van der Waals surface area contributed by atoms with E-state index in [4.69, 9.17) is 0 Å². The van der Waals surface area contributed by atoms with Crippen molar-refractivity contribution in [2.45, 2.75) is 45.9 Å². The van der Waals surface area contributed by atoms with Crippen molar-refractivity contribution in [2.24, 2.45) is 10.8 Å². The Hall–Kier alpha value is -0.261. The van der Waals surface area contributed by atoms with Gasteiger partial charge in [0.05, 0.1) is 0 Å². The quantitative estimate of drug-likeness (QED) is 0.640. The molecule has 0 bridgehead atoms.